The van der Waals surface area contributed by atoms with E-state index in [2.05, 4.69) is 15.4 Å². The fraction of sp³-hybridized carbons (Fsp3) is 0. The molecule has 1 aromatic carbocycles. The van der Waals surface area contributed by atoms with E-state index in [1.807, 2.05) is 12.1 Å². The fourth-order valence-corrected chi connectivity index (χ4v) is 1.44. The van der Waals surface area contributed by atoms with Gasteiger partial charge in [0, 0.05) is 0 Å². The molecule has 3 N–H and O–H groups in total. The molecule has 5 heteroatoms. The lowest BCUT2D eigenvalue weighted by Gasteiger charge is -2.04. The lowest BCUT2D eigenvalue weighted by molar-refractivity contribution is 1.18. The zero-order valence-corrected chi connectivity index (χ0v) is 7.42. The van der Waals surface area contributed by atoms with Gasteiger partial charge in [0.25, 0.3) is 0 Å². The van der Waals surface area contributed by atoms with Crippen LogP contribution in [0, 0.1) is 0 Å². The molecule has 0 aliphatic carbocycles. The summed E-state index contributed by atoms with van der Waals surface area (Å²) in [5, 5.41) is 1.33. The summed E-state index contributed by atoms with van der Waals surface area (Å²) in [5.74, 6) is 5.82. The molecule has 2 rings (SSSR count). The topological polar surface area (TPSA) is 63.8 Å². The van der Waals surface area contributed by atoms with E-state index in [9.17, 15) is 0 Å². The molecule has 0 radical (unpaired) electrons. The van der Waals surface area contributed by atoms with E-state index in [4.69, 9.17) is 17.4 Å². The molecule has 1 heterocycles. The van der Waals surface area contributed by atoms with Gasteiger partial charge in [-0.05, 0) is 12.1 Å². The van der Waals surface area contributed by atoms with E-state index in [-0.39, 0.29) is 0 Å². The Hall–Kier alpha value is -1.39. The third-order valence-electron chi connectivity index (χ3n) is 1.75. The van der Waals surface area contributed by atoms with Crippen LogP contribution in [0.3, 0.4) is 0 Å². The number of halogens is 1. The molecule has 0 spiro atoms. The van der Waals surface area contributed by atoms with E-state index in [0.29, 0.717) is 10.8 Å². The number of nitrogens with two attached hydrogens (primary N) is 1. The van der Waals surface area contributed by atoms with Crippen LogP contribution in [0.4, 0.5) is 5.82 Å². The Morgan fingerprint density at radius 3 is 2.92 bits per heavy atom. The Bertz CT molecular complexity index is 438. The first kappa shape index (κ1) is 8.22. The predicted molar refractivity (Wildman–Crippen MR) is 52.4 cm³/mol. The first-order valence-electron chi connectivity index (χ1n) is 3.69. The molecule has 0 unspecified atom stereocenters. The number of aromatic nitrogens is 2. The summed E-state index contributed by atoms with van der Waals surface area (Å²) in [4.78, 5) is 8.01. The van der Waals surface area contributed by atoms with E-state index in [1.54, 1.807) is 6.07 Å². The minimum atomic E-state index is 0.538. The maximum Gasteiger partial charge on any atom is 0.152 e. The number of rotatable bonds is 1. The van der Waals surface area contributed by atoms with Crippen LogP contribution in [0.5, 0.6) is 0 Å². The predicted octanol–water partition coefficient (Wildman–Crippen LogP) is 1.57. The van der Waals surface area contributed by atoms with Crippen LogP contribution in [-0.2, 0) is 0 Å². The summed E-state index contributed by atoms with van der Waals surface area (Å²) in [7, 11) is 0. The molecule has 0 amide bonds. The first-order chi connectivity index (χ1) is 6.33. The summed E-state index contributed by atoms with van der Waals surface area (Å²) < 4.78 is 0. The highest BCUT2D eigenvalue weighted by Gasteiger charge is 2.04. The molecular formula is C8H7ClN4. The van der Waals surface area contributed by atoms with Crippen molar-refractivity contribution in [1.29, 1.82) is 0 Å². The molecule has 1 aromatic heterocycles. The van der Waals surface area contributed by atoms with Gasteiger partial charge in [-0.1, -0.05) is 17.7 Å². The van der Waals surface area contributed by atoms with Gasteiger partial charge in [-0.3, -0.25) is 0 Å². The summed E-state index contributed by atoms with van der Waals surface area (Å²) >= 11 is 5.97. The van der Waals surface area contributed by atoms with Crippen molar-refractivity contribution in [1.82, 2.24) is 9.97 Å². The Morgan fingerprint density at radius 2 is 2.15 bits per heavy atom. The van der Waals surface area contributed by atoms with Crippen LogP contribution in [-0.4, -0.2) is 9.97 Å². The molecule has 0 fully saturated rings. The van der Waals surface area contributed by atoms with Gasteiger partial charge in [0.1, 0.15) is 6.33 Å². The highest BCUT2D eigenvalue weighted by Crippen LogP contribution is 2.26. The minimum absolute atomic E-state index is 0.538. The SMILES string of the molecule is NNc1ncnc2cccc(Cl)c12. The number of nitrogens with one attached hydrogen (secondary N) is 1. The van der Waals surface area contributed by atoms with E-state index < -0.39 is 0 Å². The van der Waals surface area contributed by atoms with Gasteiger partial charge in [0.15, 0.2) is 5.82 Å². The number of fused-ring (bicyclic) bond motifs is 1. The number of hydrazine groups is 1. The zero-order valence-electron chi connectivity index (χ0n) is 6.66. The molecule has 13 heavy (non-hydrogen) atoms. The number of nitrogen functional groups attached to an aromatic ring is 1. The van der Waals surface area contributed by atoms with Gasteiger partial charge < -0.3 is 5.43 Å². The highest BCUT2D eigenvalue weighted by atomic mass is 35.5. The smallest absolute Gasteiger partial charge is 0.152 e. The Kier molecular flexibility index (Phi) is 2.00. The van der Waals surface area contributed by atoms with Gasteiger partial charge >= 0.3 is 0 Å². The minimum Gasteiger partial charge on any atom is -0.308 e. The maximum absolute atomic E-state index is 5.97. The second kappa shape index (κ2) is 3.16. The van der Waals surface area contributed by atoms with Crippen molar-refractivity contribution < 1.29 is 0 Å². The van der Waals surface area contributed by atoms with Gasteiger partial charge in [-0.2, -0.15) is 0 Å². The van der Waals surface area contributed by atoms with Crippen LogP contribution in [0.15, 0.2) is 24.5 Å². The van der Waals surface area contributed by atoms with Gasteiger partial charge in [0.05, 0.1) is 15.9 Å². The van der Waals surface area contributed by atoms with E-state index >= 15 is 0 Å². The molecule has 0 bridgehead atoms. The molecular weight excluding hydrogens is 188 g/mol. The van der Waals surface area contributed by atoms with Crippen molar-refractivity contribution in [2.24, 2.45) is 5.84 Å². The lowest BCUT2D eigenvalue weighted by Crippen LogP contribution is -2.09. The van der Waals surface area contributed by atoms with Crippen molar-refractivity contribution in [3.05, 3.63) is 29.5 Å². The Labute approximate surface area is 79.7 Å². The van der Waals surface area contributed by atoms with E-state index in [0.717, 1.165) is 10.9 Å². The molecule has 0 saturated heterocycles. The van der Waals surface area contributed by atoms with Crippen molar-refractivity contribution in [2.75, 3.05) is 5.43 Å². The maximum atomic E-state index is 5.97. The van der Waals surface area contributed by atoms with Crippen LogP contribution in [0.25, 0.3) is 10.9 Å². The third kappa shape index (κ3) is 1.30. The van der Waals surface area contributed by atoms with Crippen molar-refractivity contribution in [3.8, 4) is 0 Å². The summed E-state index contributed by atoms with van der Waals surface area (Å²) in [5.41, 5.74) is 3.25. The van der Waals surface area contributed by atoms with E-state index in [1.165, 1.54) is 6.33 Å². The number of anilines is 1. The molecule has 0 aliphatic heterocycles. The third-order valence-corrected chi connectivity index (χ3v) is 2.06. The normalized spacial score (nSPS) is 10.3. The fourth-order valence-electron chi connectivity index (χ4n) is 1.18. The lowest BCUT2D eigenvalue weighted by atomic mass is 10.2. The molecule has 4 nitrogen and oxygen atoms in total. The largest absolute Gasteiger partial charge is 0.308 e. The number of hydrogen-bond donors (Lipinski definition) is 2. The highest BCUT2D eigenvalue weighted by molar-refractivity contribution is 6.36. The molecule has 0 atom stereocenters. The number of nitrogens with zero attached hydrogens (tertiary/aromatic N) is 2. The average Bonchev–Trinajstić information content (AvgIpc) is 2.17. The second-order valence-electron chi connectivity index (χ2n) is 2.50. The second-order valence-corrected chi connectivity index (χ2v) is 2.91. The average molecular weight is 195 g/mol. The first-order valence-corrected chi connectivity index (χ1v) is 4.06. The summed E-state index contributed by atoms with van der Waals surface area (Å²) in [6.07, 6.45) is 1.44. The quantitative estimate of drug-likeness (QED) is 0.534. The van der Waals surface area contributed by atoms with Gasteiger partial charge in [0.2, 0.25) is 0 Å². The molecule has 66 valence electrons. The van der Waals surface area contributed by atoms with Gasteiger partial charge in [-0.25, -0.2) is 15.8 Å². The van der Waals surface area contributed by atoms with Gasteiger partial charge in [-0.15, -0.1) is 0 Å². The van der Waals surface area contributed by atoms with Crippen LogP contribution < -0.4 is 11.3 Å². The standard InChI is InChI=1S/C8H7ClN4/c9-5-2-1-3-6-7(5)8(13-10)12-4-11-6/h1-4H,10H2,(H,11,12,13). The Morgan fingerprint density at radius 1 is 1.31 bits per heavy atom. The summed E-state index contributed by atoms with van der Waals surface area (Å²) in [6, 6.07) is 5.45. The van der Waals surface area contributed by atoms with Crippen LogP contribution in [0.2, 0.25) is 5.02 Å². The van der Waals surface area contributed by atoms with Crippen molar-refractivity contribution >= 4 is 28.3 Å². The van der Waals surface area contributed by atoms with Crippen LogP contribution >= 0.6 is 11.6 Å². The van der Waals surface area contributed by atoms with Crippen LogP contribution in [0.1, 0.15) is 0 Å². The molecule has 0 saturated carbocycles. The molecule has 2 aromatic rings. The number of benzene rings is 1. The van der Waals surface area contributed by atoms with Crippen molar-refractivity contribution in [2.45, 2.75) is 0 Å². The zero-order chi connectivity index (χ0) is 9.26. The number of hydrogen-bond acceptors (Lipinski definition) is 4. The monoisotopic (exact) mass is 194 g/mol. The molecule has 0 aliphatic rings. The van der Waals surface area contributed by atoms with Crippen molar-refractivity contribution in [3.63, 3.8) is 0 Å². The summed E-state index contributed by atoms with van der Waals surface area (Å²) in [6.45, 7) is 0. The Balaban J connectivity index is 2.87.